The molecule has 0 bridgehead atoms. The molecule has 0 spiro atoms. The van der Waals surface area contributed by atoms with Crippen LogP contribution in [0.2, 0.25) is 0 Å². The van der Waals surface area contributed by atoms with Gasteiger partial charge in [-0.3, -0.25) is 4.98 Å². The number of anilines is 1. The van der Waals surface area contributed by atoms with Gasteiger partial charge in [0, 0.05) is 23.4 Å². The van der Waals surface area contributed by atoms with Gasteiger partial charge in [-0.25, -0.2) is 4.98 Å². The number of hydrogen-bond acceptors (Lipinski definition) is 3. The Labute approximate surface area is 119 Å². The molecule has 2 N–H and O–H groups in total. The number of nitrogen functional groups attached to an aromatic ring is 1. The number of nitrogens with zero attached hydrogens (tertiary/aromatic N) is 3. The Kier molecular flexibility index (Phi) is 3.21. The summed E-state index contributed by atoms with van der Waals surface area (Å²) in [5.74, 6) is 0.558. The lowest BCUT2D eigenvalue weighted by molar-refractivity contribution is 0.725. The molecule has 0 amide bonds. The smallest absolute Gasteiger partial charge is 0.201 e. The molecule has 5 heteroatoms. The van der Waals surface area contributed by atoms with Crippen molar-refractivity contribution in [2.75, 3.05) is 5.73 Å². The van der Waals surface area contributed by atoms with Crippen molar-refractivity contribution in [3.05, 3.63) is 52.8 Å². The first-order valence-corrected chi connectivity index (χ1v) is 6.83. The molecule has 96 valence electrons. The Morgan fingerprint density at radius 2 is 1.95 bits per heavy atom. The standard InChI is InChI=1S/C14H13BrN4/c15-11-1-2-13-12(9-11)18-14(16)19(13)8-5-10-3-6-17-7-4-10/h1-4,6-7,9H,5,8H2,(H2,16,18). The topological polar surface area (TPSA) is 56.7 Å². The van der Waals surface area contributed by atoms with Crippen LogP contribution in [0.25, 0.3) is 11.0 Å². The van der Waals surface area contributed by atoms with Crippen LogP contribution in [0.1, 0.15) is 5.56 Å². The Hall–Kier alpha value is -1.88. The summed E-state index contributed by atoms with van der Waals surface area (Å²) < 4.78 is 3.06. The number of nitrogens with two attached hydrogens (primary N) is 1. The minimum Gasteiger partial charge on any atom is -0.369 e. The number of imidazole rings is 1. The van der Waals surface area contributed by atoms with Crippen LogP contribution in [0.15, 0.2) is 47.2 Å². The zero-order valence-corrected chi connectivity index (χ0v) is 11.8. The quantitative estimate of drug-likeness (QED) is 0.808. The fraction of sp³-hybridized carbons (Fsp3) is 0.143. The Morgan fingerprint density at radius 1 is 1.16 bits per heavy atom. The minimum atomic E-state index is 0.558. The third-order valence-corrected chi connectivity index (χ3v) is 3.61. The fourth-order valence-corrected chi connectivity index (χ4v) is 2.50. The van der Waals surface area contributed by atoms with Gasteiger partial charge in [-0.15, -0.1) is 0 Å². The van der Waals surface area contributed by atoms with Gasteiger partial charge in [-0.05, 0) is 42.3 Å². The first kappa shape index (κ1) is 12.2. The maximum atomic E-state index is 5.99. The zero-order chi connectivity index (χ0) is 13.2. The maximum Gasteiger partial charge on any atom is 0.201 e. The lowest BCUT2D eigenvalue weighted by Crippen LogP contribution is -2.05. The second-order valence-corrected chi connectivity index (χ2v) is 5.28. The highest BCUT2D eigenvalue weighted by Gasteiger charge is 2.08. The second-order valence-electron chi connectivity index (χ2n) is 4.36. The lowest BCUT2D eigenvalue weighted by atomic mass is 10.2. The normalized spacial score (nSPS) is 11.0. The number of aryl methyl sites for hydroxylation is 2. The molecule has 3 rings (SSSR count). The second kappa shape index (κ2) is 5.01. The summed E-state index contributed by atoms with van der Waals surface area (Å²) in [6.07, 6.45) is 4.53. The van der Waals surface area contributed by atoms with Crippen molar-refractivity contribution in [2.24, 2.45) is 0 Å². The zero-order valence-electron chi connectivity index (χ0n) is 10.3. The van der Waals surface area contributed by atoms with Crippen LogP contribution in [0.4, 0.5) is 5.95 Å². The maximum absolute atomic E-state index is 5.99. The lowest BCUT2D eigenvalue weighted by Gasteiger charge is -2.06. The highest BCUT2D eigenvalue weighted by atomic mass is 79.9. The molecule has 0 saturated heterocycles. The molecule has 0 saturated carbocycles. The predicted molar refractivity (Wildman–Crippen MR) is 79.8 cm³/mol. The van der Waals surface area contributed by atoms with Crippen molar-refractivity contribution in [3.63, 3.8) is 0 Å². The van der Waals surface area contributed by atoms with E-state index in [4.69, 9.17) is 5.73 Å². The number of aromatic nitrogens is 3. The van der Waals surface area contributed by atoms with E-state index >= 15 is 0 Å². The third kappa shape index (κ3) is 2.46. The van der Waals surface area contributed by atoms with E-state index in [2.05, 4.69) is 25.9 Å². The SMILES string of the molecule is Nc1nc2cc(Br)ccc2n1CCc1ccncc1. The molecule has 3 aromatic rings. The fourth-order valence-electron chi connectivity index (χ4n) is 2.15. The molecule has 4 nitrogen and oxygen atoms in total. The van der Waals surface area contributed by atoms with Gasteiger partial charge in [-0.1, -0.05) is 15.9 Å². The Bertz CT molecular complexity index is 706. The summed E-state index contributed by atoms with van der Waals surface area (Å²) >= 11 is 3.44. The summed E-state index contributed by atoms with van der Waals surface area (Å²) in [5, 5.41) is 0. The van der Waals surface area contributed by atoms with Gasteiger partial charge in [0.25, 0.3) is 0 Å². The van der Waals surface area contributed by atoms with Crippen molar-refractivity contribution in [3.8, 4) is 0 Å². The van der Waals surface area contributed by atoms with Crippen LogP contribution >= 0.6 is 15.9 Å². The third-order valence-electron chi connectivity index (χ3n) is 3.11. The molecule has 2 heterocycles. The molecule has 0 aliphatic heterocycles. The number of halogens is 1. The largest absolute Gasteiger partial charge is 0.369 e. The van der Waals surface area contributed by atoms with E-state index in [1.807, 2.05) is 47.3 Å². The summed E-state index contributed by atoms with van der Waals surface area (Å²) in [5.41, 5.74) is 9.22. The predicted octanol–water partition coefficient (Wildman–Crippen LogP) is 3.02. The molecule has 2 aromatic heterocycles. The Morgan fingerprint density at radius 3 is 2.74 bits per heavy atom. The van der Waals surface area contributed by atoms with Crippen molar-refractivity contribution in [1.29, 1.82) is 0 Å². The first-order valence-electron chi connectivity index (χ1n) is 6.04. The number of pyridine rings is 1. The van der Waals surface area contributed by atoms with E-state index < -0.39 is 0 Å². The van der Waals surface area contributed by atoms with Gasteiger partial charge in [0.05, 0.1) is 11.0 Å². The van der Waals surface area contributed by atoms with E-state index in [1.54, 1.807) is 0 Å². The van der Waals surface area contributed by atoms with Crippen molar-refractivity contribution in [2.45, 2.75) is 13.0 Å². The average molecular weight is 317 g/mol. The van der Waals surface area contributed by atoms with Crippen LogP contribution in [0.5, 0.6) is 0 Å². The summed E-state index contributed by atoms with van der Waals surface area (Å²) in [6.45, 7) is 0.813. The van der Waals surface area contributed by atoms with Gasteiger partial charge in [0.2, 0.25) is 5.95 Å². The first-order chi connectivity index (χ1) is 9.24. The molecule has 0 aliphatic carbocycles. The number of benzene rings is 1. The molecule has 0 unspecified atom stereocenters. The van der Waals surface area contributed by atoms with Crippen LogP contribution in [-0.4, -0.2) is 14.5 Å². The van der Waals surface area contributed by atoms with Crippen LogP contribution in [0, 0.1) is 0 Å². The molecule has 0 fully saturated rings. The van der Waals surface area contributed by atoms with E-state index in [9.17, 15) is 0 Å². The van der Waals surface area contributed by atoms with E-state index in [-0.39, 0.29) is 0 Å². The van der Waals surface area contributed by atoms with Gasteiger partial charge < -0.3 is 10.3 Å². The number of rotatable bonds is 3. The Balaban J connectivity index is 1.90. The highest BCUT2D eigenvalue weighted by Crippen LogP contribution is 2.22. The summed E-state index contributed by atoms with van der Waals surface area (Å²) in [6, 6.07) is 10.1. The van der Waals surface area contributed by atoms with Gasteiger partial charge in [0.15, 0.2) is 0 Å². The van der Waals surface area contributed by atoms with E-state index in [1.165, 1.54) is 5.56 Å². The van der Waals surface area contributed by atoms with Gasteiger partial charge in [0.1, 0.15) is 0 Å². The minimum absolute atomic E-state index is 0.558. The summed E-state index contributed by atoms with van der Waals surface area (Å²) in [4.78, 5) is 8.40. The molecular weight excluding hydrogens is 304 g/mol. The molecule has 19 heavy (non-hydrogen) atoms. The van der Waals surface area contributed by atoms with Crippen molar-refractivity contribution in [1.82, 2.24) is 14.5 Å². The van der Waals surface area contributed by atoms with Gasteiger partial charge in [-0.2, -0.15) is 0 Å². The van der Waals surface area contributed by atoms with Crippen LogP contribution in [0.3, 0.4) is 0 Å². The monoisotopic (exact) mass is 316 g/mol. The van der Waals surface area contributed by atoms with Gasteiger partial charge >= 0.3 is 0 Å². The van der Waals surface area contributed by atoms with Crippen molar-refractivity contribution >= 4 is 32.9 Å². The highest BCUT2D eigenvalue weighted by molar-refractivity contribution is 9.10. The van der Waals surface area contributed by atoms with Crippen molar-refractivity contribution < 1.29 is 0 Å². The molecule has 1 aromatic carbocycles. The summed E-state index contributed by atoms with van der Waals surface area (Å²) in [7, 11) is 0. The van der Waals surface area contributed by atoms with E-state index in [0.717, 1.165) is 28.5 Å². The molecule has 0 radical (unpaired) electrons. The molecular formula is C14H13BrN4. The molecule has 0 aliphatic rings. The average Bonchev–Trinajstić information content (AvgIpc) is 2.72. The molecule has 0 atom stereocenters. The number of hydrogen-bond donors (Lipinski definition) is 1. The van der Waals surface area contributed by atoms with Crippen LogP contribution < -0.4 is 5.73 Å². The van der Waals surface area contributed by atoms with E-state index in [0.29, 0.717) is 5.95 Å². The van der Waals surface area contributed by atoms with Crippen LogP contribution in [-0.2, 0) is 13.0 Å². The number of fused-ring (bicyclic) bond motifs is 1.